The van der Waals surface area contributed by atoms with Crippen LogP contribution < -0.4 is 11.1 Å². The second-order valence-corrected chi connectivity index (χ2v) is 5.75. The van der Waals surface area contributed by atoms with Gasteiger partial charge in [0.1, 0.15) is 0 Å². The lowest BCUT2D eigenvalue weighted by Crippen LogP contribution is -2.53. The minimum atomic E-state index is -0.703. The Hall–Kier alpha value is -0.870. The van der Waals surface area contributed by atoms with Crippen LogP contribution in [0.3, 0.4) is 0 Å². The summed E-state index contributed by atoms with van der Waals surface area (Å²) in [5.74, 6) is 0.332. The van der Waals surface area contributed by atoms with Gasteiger partial charge in [0, 0.05) is 4.88 Å². The van der Waals surface area contributed by atoms with E-state index in [9.17, 15) is 4.79 Å². The van der Waals surface area contributed by atoms with Crippen molar-refractivity contribution in [1.29, 1.82) is 0 Å². The quantitative estimate of drug-likeness (QED) is 0.843. The molecule has 1 aromatic rings. The summed E-state index contributed by atoms with van der Waals surface area (Å²) in [4.78, 5) is 13.2. The Balaban J connectivity index is 1.97. The molecule has 0 spiro atoms. The van der Waals surface area contributed by atoms with Crippen LogP contribution in [-0.4, -0.2) is 11.4 Å². The largest absolute Gasteiger partial charge is 0.347 e. The maximum atomic E-state index is 12.0. The first-order valence-corrected chi connectivity index (χ1v) is 6.53. The van der Waals surface area contributed by atoms with Gasteiger partial charge in [-0.1, -0.05) is 6.07 Å². The SMILES string of the molecule is C[C@@H](NC(=O)C(C)(N)C1CC1)c1cccs1. The van der Waals surface area contributed by atoms with E-state index in [1.54, 1.807) is 11.3 Å². The molecule has 1 saturated carbocycles. The van der Waals surface area contributed by atoms with Gasteiger partial charge in [0.25, 0.3) is 0 Å². The molecule has 1 amide bonds. The van der Waals surface area contributed by atoms with E-state index in [4.69, 9.17) is 5.73 Å². The highest BCUT2D eigenvalue weighted by molar-refractivity contribution is 7.10. The molecular weight excluding hydrogens is 220 g/mol. The molecule has 0 saturated heterocycles. The van der Waals surface area contributed by atoms with Crippen LogP contribution in [0.25, 0.3) is 0 Å². The number of carbonyl (C=O) groups excluding carboxylic acids is 1. The molecular formula is C12H18N2OS. The van der Waals surface area contributed by atoms with Crippen molar-refractivity contribution in [2.45, 2.75) is 38.3 Å². The van der Waals surface area contributed by atoms with Gasteiger partial charge in [0.15, 0.2) is 0 Å². The molecule has 16 heavy (non-hydrogen) atoms. The summed E-state index contributed by atoms with van der Waals surface area (Å²) < 4.78 is 0. The summed E-state index contributed by atoms with van der Waals surface area (Å²) >= 11 is 1.65. The van der Waals surface area contributed by atoms with E-state index in [2.05, 4.69) is 5.32 Å². The Morgan fingerprint density at radius 1 is 1.69 bits per heavy atom. The molecule has 1 fully saturated rings. The van der Waals surface area contributed by atoms with Crippen molar-refractivity contribution in [3.63, 3.8) is 0 Å². The van der Waals surface area contributed by atoms with E-state index in [1.165, 1.54) is 4.88 Å². The molecule has 0 radical (unpaired) electrons. The summed E-state index contributed by atoms with van der Waals surface area (Å²) in [6, 6.07) is 4.07. The van der Waals surface area contributed by atoms with E-state index < -0.39 is 5.54 Å². The number of rotatable bonds is 4. The van der Waals surface area contributed by atoms with Gasteiger partial charge >= 0.3 is 0 Å². The lowest BCUT2D eigenvalue weighted by molar-refractivity contribution is -0.127. The lowest BCUT2D eigenvalue weighted by Gasteiger charge is -2.25. The maximum Gasteiger partial charge on any atom is 0.240 e. The maximum absolute atomic E-state index is 12.0. The van der Waals surface area contributed by atoms with Crippen LogP contribution in [0, 0.1) is 5.92 Å². The monoisotopic (exact) mass is 238 g/mol. The van der Waals surface area contributed by atoms with Crippen molar-refractivity contribution in [1.82, 2.24) is 5.32 Å². The van der Waals surface area contributed by atoms with Crippen LogP contribution in [0.4, 0.5) is 0 Å². The average molecular weight is 238 g/mol. The summed E-state index contributed by atoms with van der Waals surface area (Å²) in [5.41, 5.74) is 5.36. The third-order valence-electron chi connectivity index (χ3n) is 3.23. The fourth-order valence-corrected chi connectivity index (χ4v) is 2.56. The fourth-order valence-electron chi connectivity index (χ4n) is 1.83. The van der Waals surface area contributed by atoms with Gasteiger partial charge in [0.2, 0.25) is 5.91 Å². The zero-order valence-electron chi connectivity index (χ0n) is 9.69. The Labute approximate surface area is 100 Å². The zero-order chi connectivity index (χ0) is 11.8. The smallest absolute Gasteiger partial charge is 0.240 e. The van der Waals surface area contributed by atoms with Gasteiger partial charge in [-0.25, -0.2) is 0 Å². The van der Waals surface area contributed by atoms with Crippen molar-refractivity contribution >= 4 is 17.2 Å². The zero-order valence-corrected chi connectivity index (χ0v) is 10.5. The minimum Gasteiger partial charge on any atom is -0.347 e. The molecule has 2 atom stereocenters. The van der Waals surface area contributed by atoms with Gasteiger partial charge in [-0.3, -0.25) is 4.79 Å². The summed E-state index contributed by atoms with van der Waals surface area (Å²) in [5, 5.41) is 5.00. The second-order valence-electron chi connectivity index (χ2n) is 4.77. The molecule has 3 nitrogen and oxygen atoms in total. The number of carbonyl (C=O) groups is 1. The predicted molar refractivity (Wildman–Crippen MR) is 66.2 cm³/mol. The Morgan fingerprint density at radius 2 is 2.38 bits per heavy atom. The Bertz CT molecular complexity index is 368. The van der Waals surface area contributed by atoms with E-state index >= 15 is 0 Å². The minimum absolute atomic E-state index is 0.0316. The van der Waals surface area contributed by atoms with Crippen molar-refractivity contribution in [3.05, 3.63) is 22.4 Å². The third-order valence-corrected chi connectivity index (χ3v) is 4.29. The van der Waals surface area contributed by atoms with Crippen LogP contribution in [0.2, 0.25) is 0 Å². The highest BCUT2D eigenvalue weighted by atomic mass is 32.1. The highest BCUT2D eigenvalue weighted by Crippen LogP contribution is 2.38. The number of hydrogen-bond acceptors (Lipinski definition) is 3. The van der Waals surface area contributed by atoms with Crippen molar-refractivity contribution in [2.24, 2.45) is 11.7 Å². The molecule has 2 rings (SSSR count). The van der Waals surface area contributed by atoms with Gasteiger partial charge in [-0.2, -0.15) is 0 Å². The standard InChI is InChI=1S/C12H18N2OS/c1-8(10-4-3-7-16-10)14-11(15)12(2,13)9-5-6-9/h3-4,7-9H,5-6,13H2,1-2H3,(H,14,15)/t8-,12?/m1/s1. The van der Waals surface area contributed by atoms with Crippen LogP contribution in [0.5, 0.6) is 0 Å². The Kier molecular flexibility index (Phi) is 3.04. The molecule has 88 valence electrons. The van der Waals surface area contributed by atoms with Crippen LogP contribution in [0.1, 0.15) is 37.6 Å². The molecule has 1 aromatic heterocycles. The van der Waals surface area contributed by atoms with E-state index in [1.807, 2.05) is 31.4 Å². The molecule has 0 aliphatic heterocycles. The van der Waals surface area contributed by atoms with Crippen molar-refractivity contribution in [2.75, 3.05) is 0 Å². The molecule has 1 aliphatic carbocycles. The summed E-state index contributed by atoms with van der Waals surface area (Å²) in [6.07, 6.45) is 2.15. The van der Waals surface area contributed by atoms with E-state index in [0.29, 0.717) is 5.92 Å². The number of thiophene rings is 1. The topological polar surface area (TPSA) is 55.1 Å². The van der Waals surface area contributed by atoms with Gasteiger partial charge in [-0.05, 0) is 44.1 Å². The molecule has 4 heteroatoms. The molecule has 0 aromatic carbocycles. The number of nitrogens with one attached hydrogen (secondary N) is 1. The van der Waals surface area contributed by atoms with Gasteiger partial charge in [-0.15, -0.1) is 11.3 Å². The Morgan fingerprint density at radius 3 is 2.88 bits per heavy atom. The van der Waals surface area contributed by atoms with Crippen molar-refractivity contribution in [3.8, 4) is 0 Å². The van der Waals surface area contributed by atoms with Gasteiger partial charge in [0.05, 0.1) is 11.6 Å². The molecule has 0 bridgehead atoms. The molecule has 3 N–H and O–H groups in total. The average Bonchev–Trinajstić information content (AvgIpc) is 2.95. The summed E-state index contributed by atoms with van der Waals surface area (Å²) in [7, 11) is 0. The normalized spacial score (nSPS) is 21.2. The van der Waals surface area contributed by atoms with Crippen LogP contribution in [0.15, 0.2) is 17.5 Å². The van der Waals surface area contributed by atoms with E-state index in [-0.39, 0.29) is 11.9 Å². The summed E-state index contributed by atoms with van der Waals surface area (Å²) in [6.45, 7) is 3.83. The molecule has 1 unspecified atom stereocenters. The fraction of sp³-hybridized carbons (Fsp3) is 0.583. The first-order valence-electron chi connectivity index (χ1n) is 5.65. The van der Waals surface area contributed by atoms with Gasteiger partial charge < -0.3 is 11.1 Å². The molecule has 1 aliphatic rings. The van der Waals surface area contributed by atoms with Crippen LogP contribution >= 0.6 is 11.3 Å². The van der Waals surface area contributed by atoms with Crippen molar-refractivity contribution < 1.29 is 4.79 Å². The lowest BCUT2D eigenvalue weighted by atomic mass is 9.96. The first-order chi connectivity index (χ1) is 7.51. The number of hydrogen-bond donors (Lipinski definition) is 2. The molecule has 1 heterocycles. The number of nitrogens with two attached hydrogens (primary N) is 1. The number of amides is 1. The first kappa shape index (κ1) is 11.6. The third kappa shape index (κ3) is 2.28. The highest BCUT2D eigenvalue weighted by Gasteiger charge is 2.44. The second kappa shape index (κ2) is 4.18. The van der Waals surface area contributed by atoms with E-state index in [0.717, 1.165) is 12.8 Å². The predicted octanol–water partition coefficient (Wildman–Crippen LogP) is 2.05. The van der Waals surface area contributed by atoms with Crippen LogP contribution in [-0.2, 0) is 4.79 Å².